The molecule has 18 heavy (non-hydrogen) atoms. The van der Waals surface area contributed by atoms with E-state index in [1.54, 1.807) is 0 Å². The molecule has 1 aliphatic heterocycles. The Morgan fingerprint density at radius 2 is 1.72 bits per heavy atom. The summed E-state index contributed by atoms with van der Waals surface area (Å²) in [7, 11) is -3.11. The first-order valence-electron chi connectivity index (χ1n) is 7.18. The van der Waals surface area contributed by atoms with Crippen molar-refractivity contribution in [2.45, 2.75) is 68.8 Å². The number of ether oxygens (including phenoxy) is 1. The van der Waals surface area contributed by atoms with Crippen LogP contribution in [0, 0.1) is 0 Å². The largest absolute Gasteiger partial charge is 0.377 e. The molecule has 0 amide bonds. The first-order chi connectivity index (χ1) is 8.59. The third kappa shape index (κ3) is 3.68. The molecule has 0 aromatic heterocycles. The highest BCUT2D eigenvalue weighted by Gasteiger charge is 2.34. The Labute approximate surface area is 110 Å². The predicted octanol–water partition coefficient (Wildman–Crippen LogP) is 1.63. The number of hydrogen-bond acceptors (Lipinski definition) is 4. The summed E-state index contributed by atoms with van der Waals surface area (Å²) in [5.41, 5.74) is 6.09. The summed E-state index contributed by atoms with van der Waals surface area (Å²) in [6.45, 7) is 0.705. The van der Waals surface area contributed by atoms with Crippen molar-refractivity contribution in [3.05, 3.63) is 0 Å². The summed E-state index contributed by atoms with van der Waals surface area (Å²) in [4.78, 5) is 0. The van der Waals surface area contributed by atoms with Crippen LogP contribution in [0.2, 0.25) is 0 Å². The van der Waals surface area contributed by atoms with Crippen LogP contribution < -0.4 is 5.73 Å². The lowest BCUT2D eigenvalue weighted by Crippen LogP contribution is -2.43. The molecule has 5 heteroatoms. The smallest absolute Gasteiger partial charge is 0.157 e. The fourth-order valence-corrected chi connectivity index (χ4v) is 5.31. The quantitative estimate of drug-likeness (QED) is 0.850. The van der Waals surface area contributed by atoms with Crippen LogP contribution in [-0.4, -0.2) is 38.2 Å². The molecule has 106 valence electrons. The van der Waals surface area contributed by atoms with Crippen LogP contribution in [0.4, 0.5) is 0 Å². The van der Waals surface area contributed by atoms with Gasteiger partial charge in [-0.2, -0.15) is 0 Å². The minimum atomic E-state index is -3.11. The molecular weight excluding hydrogens is 250 g/mol. The Balaban J connectivity index is 2.00. The Kier molecular flexibility index (Phi) is 5.04. The van der Waals surface area contributed by atoms with Crippen molar-refractivity contribution >= 4 is 9.84 Å². The number of hydrogen-bond donors (Lipinski definition) is 1. The first-order valence-corrected chi connectivity index (χ1v) is 8.90. The molecule has 1 saturated carbocycles. The van der Waals surface area contributed by atoms with Gasteiger partial charge < -0.3 is 10.5 Å². The van der Waals surface area contributed by atoms with Gasteiger partial charge in [0.15, 0.2) is 9.84 Å². The zero-order valence-electron chi connectivity index (χ0n) is 11.0. The van der Waals surface area contributed by atoms with Gasteiger partial charge in [-0.05, 0) is 25.7 Å². The molecule has 3 unspecified atom stereocenters. The maximum Gasteiger partial charge on any atom is 0.157 e. The molecule has 4 nitrogen and oxygen atoms in total. The van der Waals surface area contributed by atoms with Gasteiger partial charge in [0.1, 0.15) is 0 Å². The molecule has 2 N–H and O–H groups in total. The van der Waals surface area contributed by atoms with Crippen LogP contribution in [-0.2, 0) is 14.6 Å². The number of nitrogens with two attached hydrogens (primary N) is 1. The maximum atomic E-state index is 12.5. The van der Waals surface area contributed by atoms with Crippen molar-refractivity contribution < 1.29 is 13.2 Å². The van der Waals surface area contributed by atoms with Crippen molar-refractivity contribution in [1.29, 1.82) is 0 Å². The van der Waals surface area contributed by atoms with Crippen LogP contribution in [0.15, 0.2) is 0 Å². The molecule has 0 aromatic carbocycles. The highest BCUT2D eigenvalue weighted by atomic mass is 32.2. The lowest BCUT2D eigenvalue weighted by Gasteiger charge is -2.27. The summed E-state index contributed by atoms with van der Waals surface area (Å²) in [5, 5.41) is -0.345. The van der Waals surface area contributed by atoms with Gasteiger partial charge in [-0.1, -0.05) is 25.7 Å². The van der Waals surface area contributed by atoms with E-state index in [9.17, 15) is 8.42 Å². The SMILES string of the molecule is NC1CCCCCCC1S(=O)(=O)CC1CCCO1. The number of sulfone groups is 1. The second-order valence-corrected chi connectivity index (χ2v) is 7.92. The van der Waals surface area contributed by atoms with E-state index in [4.69, 9.17) is 10.5 Å². The highest BCUT2D eigenvalue weighted by molar-refractivity contribution is 7.92. The molecule has 0 radical (unpaired) electrons. The fourth-order valence-electron chi connectivity index (χ4n) is 3.08. The highest BCUT2D eigenvalue weighted by Crippen LogP contribution is 2.24. The van der Waals surface area contributed by atoms with Crippen molar-refractivity contribution in [3.8, 4) is 0 Å². The first kappa shape index (κ1) is 14.3. The molecule has 2 aliphatic rings. The van der Waals surface area contributed by atoms with E-state index in [0.29, 0.717) is 6.61 Å². The monoisotopic (exact) mass is 275 g/mol. The predicted molar refractivity (Wildman–Crippen MR) is 72.2 cm³/mol. The summed E-state index contributed by atoms with van der Waals surface area (Å²) >= 11 is 0. The lowest BCUT2D eigenvalue weighted by atomic mass is 9.97. The van der Waals surface area contributed by atoms with E-state index in [0.717, 1.165) is 44.9 Å². The third-order valence-corrected chi connectivity index (χ3v) is 6.50. The van der Waals surface area contributed by atoms with E-state index < -0.39 is 9.84 Å². The van der Waals surface area contributed by atoms with E-state index in [1.165, 1.54) is 6.42 Å². The third-order valence-electron chi connectivity index (χ3n) is 4.16. The second-order valence-electron chi connectivity index (χ2n) is 5.66. The van der Waals surface area contributed by atoms with E-state index >= 15 is 0 Å². The van der Waals surface area contributed by atoms with Gasteiger partial charge in [-0.25, -0.2) is 8.42 Å². The molecule has 3 atom stereocenters. The van der Waals surface area contributed by atoms with Gasteiger partial charge in [0.05, 0.1) is 17.1 Å². The molecule has 0 bridgehead atoms. The summed E-state index contributed by atoms with van der Waals surface area (Å²) in [5.74, 6) is 0.172. The van der Waals surface area contributed by atoms with E-state index in [1.807, 2.05) is 0 Å². The normalized spacial score (nSPS) is 35.1. The van der Waals surface area contributed by atoms with Crippen molar-refractivity contribution in [2.75, 3.05) is 12.4 Å². The van der Waals surface area contributed by atoms with Gasteiger partial charge in [0.25, 0.3) is 0 Å². The molecule has 1 saturated heterocycles. The van der Waals surface area contributed by atoms with Gasteiger partial charge in [-0.15, -0.1) is 0 Å². The van der Waals surface area contributed by atoms with Crippen molar-refractivity contribution in [1.82, 2.24) is 0 Å². The summed E-state index contributed by atoms with van der Waals surface area (Å²) < 4.78 is 30.4. The van der Waals surface area contributed by atoms with Crippen LogP contribution in [0.5, 0.6) is 0 Å². The average Bonchev–Trinajstić information content (AvgIpc) is 2.75. The fraction of sp³-hybridized carbons (Fsp3) is 1.00. The van der Waals surface area contributed by atoms with Crippen LogP contribution >= 0.6 is 0 Å². The van der Waals surface area contributed by atoms with Gasteiger partial charge in [-0.3, -0.25) is 0 Å². The minimum absolute atomic E-state index is 0.0901. The molecule has 0 aromatic rings. The van der Waals surface area contributed by atoms with Crippen molar-refractivity contribution in [3.63, 3.8) is 0 Å². The van der Waals surface area contributed by atoms with Crippen molar-refractivity contribution in [2.24, 2.45) is 5.73 Å². The molecule has 2 fully saturated rings. The molecular formula is C13H25NO3S. The Bertz CT molecular complexity index is 349. The summed E-state index contributed by atoms with van der Waals surface area (Å²) in [6, 6.07) is -0.184. The molecule has 2 rings (SSSR count). The van der Waals surface area contributed by atoms with E-state index in [-0.39, 0.29) is 23.1 Å². The lowest BCUT2D eigenvalue weighted by molar-refractivity contribution is 0.127. The van der Waals surface area contributed by atoms with E-state index in [2.05, 4.69) is 0 Å². The van der Waals surface area contributed by atoms with Crippen LogP contribution in [0.1, 0.15) is 51.4 Å². The Hall–Kier alpha value is -0.130. The van der Waals surface area contributed by atoms with Crippen LogP contribution in [0.3, 0.4) is 0 Å². The Morgan fingerprint density at radius 1 is 1.00 bits per heavy atom. The second kappa shape index (κ2) is 6.35. The topological polar surface area (TPSA) is 69.4 Å². The maximum absolute atomic E-state index is 12.5. The minimum Gasteiger partial charge on any atom is -0.377 e. The summed E-state index contributed by atoms with van der Waals surface area (Å²) in [6.07, 6.45) is 7.72. The van der Waals surface area contributed by atoms with Gasteiger partial charge in [0.2, 0.25) is 0 Å². The zero-order chi connectivity index (χ0) is 13.0. The molecule has 0 spiro atoms. The van der Waals surface area contributed by atoms with Gasteiger partial charge >= 0.3 is 0 Å². The molecule has 1 aliphatic carbocycles. The van der Waals surface area contributed by atoms with Crippen LogP contribution in [0.25, 0.3) is 0 Å². The molecule has 1 heterocycles. The standard InChI is InChI=1S/C13H25NO3S/c14-12-7-3-1-2-4-8-13(12)18(15,16)10-11-6-5-9-17-11/h11-13H,1-10,14H2. The zero-order valence-corrected chi connectivity index (χ0v) is 11.8. The number of rotatable bonds is 3. The Morgan fingerprint density at radius 3 is 2.39 bits per heavy atom. The van der Waals surface area contributed by atoms with Gasteiger partial charge in [0, 0.05) is 12.6 Å². The average molecular weight is 275 g/mol.